The van der Waals surface area contributed by atoms with Crippen molar-refractivity contribution >= 4 is 11.6 Å². The zero-order chi connectivity index (χ0) is 13.7. The summed E-state index contributed by atoms with van der Waals surface area (Å²) in [5.74, 6) is -0.587. The Bertz CT molecular complexity index is 567. The van der Waals surface area contributed by atoms with Crippen molar-refractivity contribution in [2.24, 2.45) is 7.05 Å². The first kappa shape index (κ1) is 13.2. The van der Waals surface area contributed by atoms with Crippen molar-refractivity contribution in [1.82, 2.24) is 15.1 Å². The molecule has 1 aromatic heterocycles. The summed E-state index contributed by atoms with van der Waals surface area (Å²) in [5, 5.41) is 9.63. The van der Waals surface area contributed by atoms with Crippen LogP contribution in [0, 0.1) is 5.82 Å². The van der Waals surface area contributed by atoms with Gasteiger partial charge in [-0.1, -0.05) is 6.07 Å². The van der Waals surface area contributed by atoms with Crippen molar-refractivity contribution < 1.29 is 9.18 Å². The fraction of sp³-hybridized carbons (Fsp3) is 0.231. The van der Waals surface area contributed by atoms with Crippen LogP contribution in [-0.4, -0.2) is 22.2 Å². The maximum absolute atomic E-state index is 12.9. The van der Waals surface area contributed by atoms with E-state index in [1.165, 1.54) is 12.1 Å². The Morgan fingerprint density at radius 3 is 3.00 bits per heavy atom. The number of nitrogens with zero attached hydrogens (tertiary/aromatic N) is 2. The van der Waals surface area contributed by atoms with E-state index in [-0.39, 0.29) is 18.3 Å². The summed E-state index contributed by atoms with van der Waals surface area (Å²) in [7, 11) is 1.83. The molecule has 1 heterocycles. The van der Waals surface area contributed by atoms with Gasteiger partial charge in [0.1, 0.15) is 5.82 Å². The monoisotopic (exact) mass is 262 g/mol. The molecule has 0 fully saturated rings. The number of benzene rings is 1. The highest BCUT2D eigenvalue weighted by Crippen LogP contribution is 2.08. The molecule has 1 amide bonds. The first-order valence-corrected chi connectivity index (χ1v) is 5.87. The molecule has 0 aliphatic heterocycles. The number of carbonyl (C=O) groups excluding carboxylic acids is 1. The largest absolute Gasteiger partial charge is 0.325 e. The first-order valence-electron chi connectivity index (χ1n) is 5.87. The number of nitrogens with one attached hydrogen (secondary N) is 2. The van der Waals surface area contributed by atoms with Gasteiger partial charge in [-0.25, -0.2) is 4.39 Å². The van der Waals surface area contributed by atoms with Crippen molar-refractivity contribution in [2.75, 3.05) is 11.9 Å². The summed E-state index contributed by atoms with van der Waals surface area (Å²) in [6.07, 6.45) is 3.61. The number of aryl methyl sites for hydroxylation is 1. The molecule has 19 heavy (non-hydrogen) atoms. The fourth-order valence-corrected chi connectivity index (χ4v) is 1.65. The minimum absolute atomic E-state index is 0.158. The van der Waals surface area contributed by atoms with Crippen LogP contribution in [0.5, 0.6) is 0 Å². The predicted molar refractivity (Wildman–Crippen MR) is 69.9 cm³/mol. The van der Waals surface area contributed by atoms with E-state index < -0.39 is 0 Å². The van der Waals surface area contributed by atoms with E-state index in [1.807, 2.05) is 13.2 Å². The van der Waals surface area contributed by atoms with E-state index in [0.29, 0.717) is 12.2 Å². The average Bonchev–Trinajstić information content (AvgIpc) is 2.75. The molecule has 0 unspecified atom stereocenters. The number of aromatic nitrogens is 2. The third-order valence-corrected chi connectivity index (χ3v) is 2.48. The zero-order valence-electron chi connectivity index (χ0n) is 10.6. The molecule has 0 saturated heterocycles. The molecule has 5 nitrogen and oxygen atoms in total. The number of amides is 1. The Labute approximate surface area is 110 Å². The van der Waals surface area contributed by atoms with Crippen molar-refractivity contribution in [2.45, 2.75) is 6.54 Å². The molecule has 0 radical (unpaired) electrons. The van der Waals surface area contributed by atoms with Crippen molar-refractivity contribution in [3.63, 3.8) is 0 Å². The van der Waals surface area contributed by atoms with Crippen molar-refractivity contribution in [1.29, 1.82) is 0 Å². The molecule has 6 heteroatoms. The molecule has 0 spiro atoms. The standard InChI is InChI=1S/C13H15FN4O/c1-18-9-10(7-16-18)6-15-8-13(19)17-12-4-2-3-11(14)5-12/h2-5,7,9,15H,6,8H2,1H3,(H,17,19). The molecule has 0 aliphatic rings. The summed E-state index contributed by atoms with van der Waals surface area (Å²) in [4.78, 5) is 11.6. The van der Waals surface area contributed by atoms with Gasteiger partial charge in [0.25, 0.3) is 0 Å². The third-order valence-electron chi connectivity index (χ3n) is 2.48. The minimum atomic E-state index is -0.374. The normalized spacial score (nSPS) is 10.4. The van der Waals surface area contributed by atoms with E-state index in [4.69, 9.17) is 0 Å². The van der Waals surface area contributed by atoms with Gasteiger partial charge in [-0.3, -0.25) is 9.48 Å². The minimum Gasteiger partial charge on any atom is -0.325 e. The van der Waals surface area contributed by atoms with Gasteiger partial charge >= 0.3 is 0 Å². The quantitative estimate of drug-likeness (QED) is 0.853. The van der Waals surface area contributed by atoms with E-state index in [0.717, 1.165) is 5.56 Å². The summed E-state index contributed by atoms with van der Waals surface area (Å²) in [6, 6.07) is 5.80. The van der Waals surface area contributed by atoms with Crippen LogP contribution in [-0.2, 0) is 18.4 Å². The van der Waals surface area contributed by atoms with Gasteiger partial charge in [0, 0.05) is 31.0 Å². The van der Waals surface area contributed by atoms with Crippen molar-refractivity contribution in [3.05, 3.63) is 48.0 Å². The van der Waals surface area contributed by atoms with Gasteiger partial charge in [-0.2, -0.15) is 5.10 Å². The van der Waals surface area contributed by atoms with Crippen LogP contribution in [0.3, 0.4) is 0 Å². The summed E-state index contributed by atoms with van der Waals surface area (Å²) in [5.41, 5.74) is 1.45. The van der Waals surface area contributed by atoms with E-state index in [2.05, 4.69) is 15.7 Å². The predicted octanol–water partition coefficient (Wildman–Crippen LogP) is 1.29. The van der Waals surface area contributed by atoms with Gasteiger partial charge in [-0.05, 0) is 18.2 Å². The molecule has 2 N–H and O–H groups in total. The van der Waals surface area contributed by atoms with Gasteiger partial charge in [0.05, 0.1) is 12.7 Å². The number of anilines is 1. The van der Waals surface area contributed by atoms with Crippen molar-refractivity contribution in [3.8, 4) is 0 Å². The highest BCUT2D eigenvalue weighted by molar-refractivity contribution is 5.92. The van der Waals surface area contributed by atoms with E-state index in [9.17, 15) is 9.18 Å². The molecule has 0 aliphatic carbocycles. The van der Waals surface area contributed by atoms with Gasteiger partial charge in [-0.15, -0.1) is 0 Å². The topological polar surface area (TPSA) is 59.0 Å². The molecule has 0 saturated carbocycles. The number of carbonyl (C=O) groups is 1. The molecular formula is C13H15FN4O. The van der Waals surface area contributed by atoms with Gasteiger partial charge in [0.2, 0.25) is 5.91 Å². The van der Waals surface area contributed by atoms with E-state index >= 15 is 0 Å². The highest BCUT2D eigenvalue weighted by atomic mass is 19.1. The molecular weight excluding hydrogens is 247 g/mol. The third kappa shape index (κ3) is 4.18. The Morgan fingerprint density at radius 1 is 1.47 bits per heavy atom. The van der Waals surface area contributed by atoms with E-state index in [1.54, 1.807) is 23.0 Å². The lowest BCUT2D eigenvalue weighted by molar-refractivity contribution is -0.115. The maximum atomic E-state index is 12.9. The molecule has 1 aromatic carbocycles. The summed E-state index contributed by atoms with van der Waals surface area (Å²) in [6.45, 7) is 0.718. The smallest absolute Gasteiger partial charge is 0.238 e. The summed E-state index contributed by atoms with van der Waals surface area (Å²) >= 11 is 0. The van der Waals surface area contributed by atoms with Gasteiger partial charge in [0.15, 0.2) is 0 Å². The number of hydrogen-bond donors (Lipinski definition) is 2. The molecule has 2 rings (SSSR count). The molecule has 0 bridgehead atoms. The second kappa shape index (κ2) is 6.10. The van der Waals surface area contributed by atoms with Crippen LogP contribution in [0.2, 0.25) is 0 Å². The Morgan fingerprint density at radius 2 is 2.32 bits per heavy atom. The first-order chi connectivity index (χ1) is 9.13. The zero-order valence-corrected chi connectivity index (χ0v) is 10.6. The van der Waals surface area contributed by atoms with Gasteiger partial charge < -0.3 is 10.6 Å². The fourth-order valence-electron chi connectivity index (χ4n) is 1.65. The number of hydrogen-bond acceptors (Lipinski definition) is 3. The lowest BCUT2D eigenvalue weighted by atomic mass is 10.3. The Hall–Kier alpha value is -2.21. The molecule has 100 valence electrons. The van der Waals surface area contributed by atoms with Crippen LogP contribution in [0.4, 0.5) is 10.1 Å². The van der Waals surface area contributed by atoms with Crippen LogP contribution >= 0.6 is 0 Å². The second-order valence-corrected chi connectivity index (χ2v) is 4.18. The Kier molecular flexibility index (Phi) is 4.25. The lowest BCUT2D eigenvalue weighted by Crippen LogP contribution is -2.27. The van der Waals surface area contributed by atoms with Crippen LogP contribution in [0.15, 0.2) is 36.7 Å². The maximum Gasteiger partial charge on any atom is 0.238 e. The molecule has 2 aromatic rings. The second-order valence-electron chi connectivity index (χ2n) is 4.18. The number of halogens is 1. The number of rotatable bonds is 5. The SMILES string of the molecule is Cn1cc(CNCC(=O)Nc2cccc(F)c2)cn1. The van der Waals surface area contributed by atoms with Crippen LogP contribution in [0.25, 0.3) is 0 Å². The van der Waals surface area contributed by atoms with Crippen LogP contribution in [0.1, 0.15) is 5.56 Å². The lowest BCUT2D eigenvalue weighted by Gasteiger charge is -2.06. The molecule has 0 atom stereocenters. The van der Waals surface area contributed by atoms with Crippen LogP contribution < -0.4 is 10.6 Å². The average molecular weight is 262 g/mol. The highest BCUT2D eigenvalue weighted by Gasteiger charge is 2.03. The summed E-state index contributed by atoms with van der Waals surface area (Å²) < 4.78 is 14.6. The Balaban J connectivity index is 1.76.